The SMILES string of the molecule is CNC(CCCCNC(=O)COCCOCCNC(=O)CCS)C(N)=O. The Labute approximate surface area is 160 Å². The first-order valence-corrected chi connectivity index (χ1v) is 9.40. The van der Waals surface area contributed by atoms with Crippen molar-refractivity contribution in [2.45, 2.75) is 31.7 Å². The topological polar surface area (TPSA) is 132 Å². The summed E-state index contributed by atoms with van der Waals surface area (Å²) < 4.78 is 10.5. The van der Waals surface area contributed by atoms with Crippen LogP contribution in [-0.4, -0.2) is 76.1 Å². The van der Waals surface area contributed by atoms with Crippen LogP contribution in [0.15, 0.2) is 0 Å². The highest BCUT2D eigenvalue weighted by atomic mass is 32.1. The maximum atomic E-state index is 11.6. The van der Waals surface area contributed by atoms with Crippen LogP contribution in [0, 0.1) is 0 Å². The summed E-state index contributed by atoms with van der Waals surface area (Å²) in [5, 5.41) is 8.29. The summed E-state index contributed by atoms with van der Waals surface area (Å²) >= 11 is 3.97. The summed E-state index contributed by atoms with van der Waals surface area (Å²) in [6.07, 6.45) is 2.58. The summed E-state index contributed by atoms with van der Waals surface area (Å²) in [7, 11) is 1.69. The number of likely N-dealkylation sites (N-methyl/N-ethyl adjacent to an activating group) is 1. The molecule has 0 aromatic heterocycles. The summed E-state index contributed by atoms with van der Waals surface area (Å²) in [5.74, 6) is -0.0872. The van der Waals surface area contributed by atoms with E-state index in [0.717, 1.165) is 12.8 Å². The molecule has 0 rings (SSSR count). The summed E-state index contributed by atoms with van der Waals surface area (Å²) in [6, 6.07) is -0.328. The summed E-state index contributed by atoms with van der Waals surface area (Å²) in [5.41, 5.74) is 5.22. The standard InChI is InChI=1S/C16H32N4O5S/c1-18-13(16(17)23)4-2-3-6-19-15(22)12-25-10-9-24-8-7-20-14(21)5-11-26/h13,18,26H,2-12H2,1H3,(H2,17,23)(H,19,22)(H,20,21). The molecule has 0 aromatic rings. The van der Waals surface area contributed by atoms with E-state index < -0.39 is 0 Å². The number of nitrogens with two attached hydrogens (primary N) is 1. The first kappa shape index (κ1) is 24.6. The Balaban J connectivity index is 3.39. The number of carbonyl (C=O) groups is 3. The first-order valence-electron chi connectivity index (χ1n) is 8.77. The predicted molar refractivity (Wildman–Crippen MR) is 102 cm³/mol. The van der Waals surface area contributed by atoms with Crippen molar-refractivity contribution in [2.24, 2.45) is 5.73 Å². The number of hydrogen-bond acceptors (Lipinski definition) is 7. The van der Waals surface area contributed by atoms with Crippen LogP contribution >= 0.6 is 12.6 Å². The van der Waals surface area contributed by atoms with Gasteiger partial charge in [0.05, 0.1) is 25.9 Å². The molecule has 0 aliphatic heterocycles. The Kier molecular flexibility index (Phi) is 16.2. The Morgan fingerprint density at radius 2 is 1.69 bits per heavy atom. The number of amides is 3. The molecule has 0 aromatic carbocycles. The molecule has 10 heteroatoms. The Bertz CT molecular complexity index is 412. The van der Waals surface area contributed by atoms with Gasteiger partial charge in [0, 0.05) is 19.5 Å². The van der Waals surface area contributed by atoms with E-state index in [0.29, 0.717) is 51.5 Å². The lowest BCUT2D eigenvalue weighted by Crippen LogP contribution is -2.39. The normalized spacial score (nSPS) is 11.8. The number of unbranched alkanes of at least 4 members (excludes halogenated alkanes) is 1. The number of carbonyl (C=O) groups excluding carboxylic acids is 3. The van der Waals surface area contributed by atoms with E-state index in [2.05, 4.69) is 28.6 Å². The molecule has 9 nitrogen and oxygen atoms in total. The minimum absolute atomic E-state index is 0.0253. The lowest BCUT2D eigenvalue weighted by Gasteiger charge is -2.12. The molecular formula is C16H32N4O5S. The van der Waals surface area contributed by atoms with E-state index in [-0.39, 0.29) is 30.4 Å². The second kappa shape index (κ2) is 17.1. The average molecular weight is 393 g/mol. The molecule has 0 saturated carbocycles. The van der Waals surface area contributed by atoms with Crippen LogP contribution in [0.3, 0.4) is 0 Å². The fourth-order valence-electron chi connectivity index (χ4n) is 2.02. The van der Waals surface area contributed by atoms with Gasteiger partial charge in [-0.3, -0.25) is 14.4 Å². The molecule has 0 aliphatic rings. The fourth-order valence-corrected chi connectivity index (χ4v) is 2.22. The zero-order valence-corrected chi connectivity index (χ0v) is 16.3. The maximum Gasteiger partial charge on any atom is 0.245 e. The summed E-state index contributed by atoms with van der Waals surface area (Å²) in [6.45, 7) is 2.00. The van der Waals surface area contributed by atoms with Crippen molar-refractivity contribution in [1.29, 1.82) is 0 Å². The number of thiol groups is 1. The van der Waals surface area contributed by atoms with Crippen molar-refractivity contribution in [1.82, 2.24) is 16.0 Å². The van der Waals surface area contributed by atoms with Gasteiger partial charge in [-0.15, -0.1) is 0 Å². The molecule has 0 spiro atoms. The zero-order valence-electron chi connectivity index (χ0n) is 15.4. The molecule has 1 atom stereocenters. The number of primary amides is 1. The highest BCUT2D eigenvalue weighted by molar-refractivity contribution is 7.80. The third kappa shape index (κ3) is 14.9. The number of ether oxygens (including phenoxy) is 2. The Morgan fingerprint density at radius 1 is 1.00 bits per heavy atom. The molecule has 152 valence electrons. The van der Waals surface area contributed by atoms with E-state index in [4.69, 9.17) is 15.2 Å². The van der Waals surface area contributed by atoms with E-state index >= 15 is 0 Å². The molecule has 1 unspecified atom stereocenters. The molecule has 0 saturated heterocycles. The molecule has 26 heavy (non-hydrogen) atoms. The molecule has 5 N–H and O–H groups in total. The Morgan fingerprint density at radius 3 is 2.35 bits per heavy atom. The van der Waals surface area contributed by atoms with Gasteiger partial charge in [-0.1, -0.05) is 0 Å². The van der Waals surface area contributed by atoms with Crippen molar-refractivity contribution in [3.63, 3.8) is 0 Å². The second-order valence-corrected chi connectivity index (χ2v) is 6.03. The monoisotopic (exact) mass is 392 g/mol. The van der Waals surface area contributed by atoms with Gasteiger partial charge in [0.15, 0.2) is 0 Å². The lowest BCUT2D eigenvalue weighted by molar-refractivity contribution is -0.126. The van der Waals surface area contributed by atoms with Crippen molar-refractivity contribution in [3.05, 3.63) is 0 Å². The van der Waals surface area contributed by atoms with E-state index in [9.17, 15) is 14.4 Å². The maximum absolute atomic E-state index is 11.6. The van der Waals surface area contributed by atoms with Crippen LogP contribution in [-0.2, 0) is 23.9 Å². The van der Waals surface area contributed by atoms with Gasteiger partial charge in [-0.25, -0.2) is 0 Å². The van der Waals surface area contributed by atoms with Gasteiger partial charge in [0.25, 0.3) is 0 Å². The van der Waals surface area contributed by atoms with Gasteiger partial charge < -0.3 is 31.2 Å². The summed E-state index contributed by atoms with van der Waals surface area (Å²) in [4.78, 5) is 33.7. The average Bonchev–Trinajstić information content (AvgIpc) is 2.60. The molecule has 3 amide bonds. The van der Waals surface area contributed by atoms with Crippen molar-refractivity contribution in [3.8, 4) is 0 Å². The fraction of sp³-hybridized carbons (Fsp3) is 0.812. The molecule has 0 heterocycles. The number of rotatable bonds is 17. The number of hydrogen-bond donors (Lipinski definition) is 5. The van der Waals surface area contributed by atoms with Crippen molar-refractivity contribution in [2.75, 3.05) is 52.3 Å². The van der Waals surface area contributed by atoms with Crippen molar-refractivity contribution >= 4 is 30.4 Å². The van der Waals surface area contributed by atoms with Crippen molar-refractivity contribution < 1.29 is 23.9 Å². The van der Waals surface area contributed by atoms with Gasteiger partial charge >= 0.3 is 0 Å². The third-order valence-corrected chi connectivity index (χ3v) is 3.67. The highest BCUT2D eigenvalue weighted by Gasteiger charge is 2.11. The molecule has 0 radical (unpaired) electrons. The Hall–Kier alpha value is -1.36. The lowest BCUT2D eigenvalue weighted by atomic mass is 10.1. The molecular weight excluding hydrogens is 360 g/mol. The third-order valence-electron chi connectivity index (χ3n) is 3.45. The van der Waals surface area contributed by atoms with E-state index in [1.165, 1.54) is 0 Å². The second-order valence-electron chi connectivity index (χ2n) is 5.58. The smallest absolute Gasteiger partial charge is 0.245 e. The molecule has 0 aliphatic carbocycles. The minimum atomic E-state index is -0.368. The van der Waals surface area contributed by atoms with Crippen LogP contribution in [0.4, 0.5) is 0 Å². The van der Waals surface area contributed by atoms with Crippen LogP contribution in [0.25, 0.3) is 0 Å². The largest absolute Gasteiger partial charge is 0.377 e. The van der Waals surface area contributed by atoms with Gasteiger partial charge in [-0.2, -0.15) is 12.6 Å². The highest BCUT2D eigenvalue weighted by Crippen LogP contribution is 1.99. The zero-order chi connectivity index (χ0) is 19.6. The minimum Gasteiger partial charge on any atom is -0.377 e. The van der Waals surface area contributed by atoms with Gasteiger partial charge in [-0.05, 0) is 32.1 Å². The van der Waals surface area contributed by atoms with Crippen LogP contribution < -0.4 is 21.7 Å². The van der Waals surface area contributed by atoms with Gasteiger partial charge in [0.2, 0.25) is 17.7 Å². The van der Waals surface area contributed by atoms with Gasteiger partial charge in [0.1, 0.15) is 6.61 Å². The van der Waals surface area contributed by atoms with Crippen LogP contribution in [0.1, 0.15) is 25.7 Å². The van der Waals surface area contributed by atoms with Crippen LogP contribution in [0.5, 0.6) is 0 Å². The molecule has 0 bridgehead atoms. The predicted octanol–water partition coefficient (Wildman–Crippen LogP) is -1.18. The van der Waals surface area contributed by atoms with Crippen LogP contribution in [0.2, 0.25) is 0 Å². The van der Waals surface area contributed by atoms with E-state index in [1.54, 1.807) is 7.05 Å². The number of nitrogens with one attached hydrogen (secondary N) is 3. The van der Waals surface area contributed by atoms with E-state index in [1.807, 2.05) is 0 Å². The first-order chi connectivity index (χ1) is 12.5. The quantitative estimate of drug-likeness (QED) is 0.156. The molecule has 0 fully saturated rings.